The van der Waals surface area contributed by atoms with Gasteiger partial charge in [0.2, 0.25) is 0 Å². The molecule has 0 atom stereocenters. The minimum absolute atomic E-state index is 0.216. The van der Waals surface area contributed by atoms with Crippen molar-refractivity contribution in [1.29, 1.82) is 0 Å². The summed E-state index contributed by atoms with van der Waals surface area (Å²) in [5, 5.41) is 12.3. The molecule has 0 spiro atoms. The Hall–Kier alpha value is -2.03. The minimum atomic E-state index is -0.259. The van der Waals surface area contributed by atoms with Gasteiger partial charge in [-0.15, -0.1) is 0 Å². The molecule has 0 saturated heterocycles. The zero-order valence-corrected chi connectivity index (χ0v) is 9.57. The fraction of sp³-hybridized carbons (Fsp3) is 0.143. The molecule has 0 saturated carbocycles. The molecule has 2 aromatic rings. The Balaban J connectivity index is 2.07. The summed E-state index contributed by atoms with van der Waals surface area (Å²) in [7, 11) is 0. The number of nitrogens with one attached hydrogen (secondary N) is 1. The lowest BCUT2D eigenvalue weighted by Crippen LogP contribution is -2.01. The van der Waals surface area contributed by atoms with Gasteiger partial charge < -0.3 is 10.4 Å². The molecule has 0 fully saturated rings. The average molecular weight is 231 g/mol. The predicted molar refractivity (Wildman–Crippen MR) is 66.6 cm³/mol. The Labute approximate surface area is 99.7 Å². The summed E-state index contributed by atoms with van der Waals surface area (Å²) in [6, 6.07) is 12.0. The number of anilines is 1. The Morgan fingerprint density at radius 3 is 2.71 bits per heavy atom. The number of hydrogen-bond donors (Lipinski definition) is 2. The van der Waals surface area contributed by atoms with Crippen LogP contribution in [0.4, 0.5) is 10.1 Å². The highest BCUT2D eigenvalue weighted by Gasteiger charge is 2.01. The summed E-state index contributed by atoms with van der Waals surface area (Å²) in [4.78, 5) is 0. The molecular formula is C14H14FNO. The predicted octanol–water partition coefficient (Wildman–Crippen LogP) is 3.45. The van der Waals surface area contributed by atoms with Gasteiger partial charge in [0.1, 0.15) is 11.6 Å². The first kappa shape index (κ1) is 11.5. The number of rotatable bonds is 3. The van der Waals surface area contributed by atoms with E-state index in [0.29, 0.717) is 12.2 Å². The molecule has 0 heterocycles. The number of phenols is 1. The monoisotopic (exact) mass is 231 g/mol. The van der Waals surface area contributed by atoms with Gasteiger partial charge in [0.15, 0.2) is 0 Å². The number of aryl methyl sites for hydroxylation is 1. The lowest BCUT2D eigenvalue weighted by Gasteiger charge is -2.08. The van der Waals surface area contributed by atoms with Crippen molar-refractivity contribution in [2.45, 2.75) is 13.5 Å². The molecule has 0 aliphatic carbocycles. The smallest absolute Gasteiger partial charge is 0.146 e. The molecule has 0 bridgehead atoms. The number of phenolic OH excluding ortho intramolecular Hbond substituents is 1. The average Bonchev–Trinajstić information content (AvgIpc) is 2.28. The van der Waals surface area contributed by atoms with E-state index in [0.717, 1.165) is 11.1 Å². The van der Waals surface area contributed by atoms with Crippen LogP contribution < -0.4 is 5.32 Å². The van der Waals surface area contributed by atoms with Crippen molar-refractivity contribution in [3.05, 3.63) is 59.4 Å². The van der Waals surface area contributed by atoms with E-state index in [1.165, 1.54) is 6.07 Å². The van der Waals surface area contributed by atoms with Crippen LogP contribution in [-0.2, 0) is 6.54 Å². The van der Waals surface area contributed by atoms with Crippen molar-refractivity contribution in [2.24, 2.45) is 0 Å². The van der Waals surface area contributed by atoms with Crippen LogP contribution in [0.5, 0.6) is 5.75 Å². The highest BCUT2D eigenvalue weighted by atomic mass is 19.1. The summed E-state index contributed by atoms with van der Waals surface area (Å²) < 4.78 is 13.5. The third-order valence-electron chi connectivity index (χ3n) is 2.52. The van der Waals surface area contributed by atoms with Gasteiger partial charge in [-0.25, -0.2) is 4.39 Å². The van der Waals surface area contributed by atoms with Gasteiger partial charge in [-0.3, -0.25) is 0 Å². The van der Waals surface area contributed by atoms with Crippen LogP contribution >= 0.6 is 0 Å². The summed E-state index contributed by atoms with van der Waals surface area (Å²) in [5.41, 5.74) is 2.27. The standard InChI is InChI=1S/C14H14FNO/c1-10-5-6-14(13(15)7-10)16-9-11-3-2-4-12(17)8-11/h2-8,16-17H,9H2,1H3. The molecule has 0 unspecified atom stereocenters. The van der Waals surface area contributed by atoms with Crippen LogP contribution in [0.25, 0.3) is 0 Å². The highest BCUT2D eigenvalue weighted by molar-refractivity contribution is 5.46. The van der Waals surface area contributed by atoms with E-state index in [9.17, 15) is 9.50 Å². The van der Waals surface area contributed by atoms with Crippen molar-refractivity contribution >= 4 is 5.69 Å². The number of benzene rings is 2. The third kappa shape index (κ3) is 2.97. The second kappa shape index (κ2) is 4.87. The molecular weight excluding hydrogens is 217 g/mol. The summed E-state index contributed by atoms with van der Waals surface area (Å²) >= 11 is 0. The first-order chi connectivity index (χ1) is 8.15. The van der Waals surface area contributed by atoms with Gasteiger partial charge in [0.25, 0.3) is 0 Å². The van der Waals surface area contributed by atoms with E-state index < -0.39 is 0 Å². The van der Waals surface area contributed by atoms with Gasteiger partial charge in [0.05, 0.1) is 5.69 Å². The van der Waals surface area contributed by atoms with Gasteiger partial charge in [-0.2, -0.15) is 0 Å². The zero-order valence-electron chi connectivity index (χ0n) is 9.57. The Morgan fingerprint density at radius 2 is 2.00 bits per heavy atom. The van der Waals surface area contributed by atoms with E-state index in [4.69, 9.17) is 0 Å². The maximum Gasteiger partial charge on any atom is 0.146 e. The summed E-state index contributed by atoms with van der Waals surface area (Å²) in [5.74, 6) is -0.0427. The SMILES string of the molecule is Cc1ccc(NCc2cccc(O)c2)c(F)c1. The quantitative estimate of drug-likeness (QED) is 0.848. The van der Waals surface area contributed by atoms with Gasteiger partial charge >= 0.3 is 0 Å². The van der Waals surface area contributed by atoms with Crippen LogP contribution in [0.2, 0.25) is 0 Å². The molecule has 2 nitrogen and oxygen atoms in total. The largest absolute Gasteiger partial charge is 0.508 e. The number of hydrogen-bond acceptors (Lipinski definition) is 2. The first-order valence-electron chi connectivity index (χ1n) is 5.43. The van der Waals surface area contributed by atoms with Crippen LogP contribution in [-0.4, -0.2) is 5.11 Å². The molecule has 88 valence electrons. The van der Waals surface area contributed by atoms with Crippen molar-refractivity contribution < 1.29 is 9.50 Å². The molecule has 0 amide bonds. The molecule has 0 aromatic heterocycles. The maximum absolute atomic E-state index is 13.5. The normalized spacial score (nSPS) is 10.2. The second-order valence-corrected chi connectivity index (χ2v) is 4.01. The van der Waals surface area contributed by atoms with Crippen molar-refractivity contribution in [3.8, 4) is 5.75 Å². The summed E-state index contributed by atoms with van der Waals surface area (Å²) in [6.45, 7) is 2.33. The van der Waals surface area contributed by atoms with E-state index in [1.54, 1.807) is 24.3 Å². The van der Waals surface area contributed by atoms with Crippen LogP contribution in [0.15, 0.2) is 42.5 Å². The molecule has 2 rings (SSSR count). The zero-order chi connectivity index (χ0) is 12.3. The lowest BCUT2D eigenvalue weighted by atomic mass is 10.2. The van der Waals surface area contributed by atoms with Gasteiger partial charge in [0, 0.05) is 6.54 Å². The highest BCUT2D eigenvalue weighted by Crippen LogP contribution is 2.17. The third-order valence-corrected chi connectivity index (χ3v) is 2.52. The second-order valence-electron chi connectivity index (χ2n) is 4.01. The lowest BCUT2D eigenvalue weighted by molar-refractivity contribution is 0.474. The Morgan fingerprint density at radius 1 is 1.18 bits per heavy atom. The molecule has 2 N–H and O–H groups in total. The fourth-order valence-corrected chi connectivity index (χ4v) is 1.63. The molecule has 0 radical (unpaired) electrons. The van der Waals surface area contributed by atoms with Crippen molar-refractivity contribution in [1.82, 2.24) is 0 Å². The molecule has 3 heteroatoms. The number of halogens is 1. The fourth-order valence-electron chi connectivity index (χ4n) is 1.63. The van der Waals surface area contributed by atoms with Gasteiger partial charge in [-0.05, 0) is 42.3 Å². The molecule has 0 aliphatic rings. The van der Waals surface area contributed by atoms with E-state index >= 15 is 0 Å². The first-order valence-corrected chi connectivity index (χ1v) is 5.43. The van der Waals surface area contributed by atoms with E-state index in [2.05, 4.69) is 5.32 Å². The Bertz CT molecular complexity index is 525. The topological polar surface area (TPSA) is 32.3 Å². The number of aromatic hydroxyl groups is 1. The Kier molecular flexibility index (Phi) is 3.28. The maximum atomic E-state index is 13.5. The van der Waals surface area contributed by atoms with E-state index in [1.807, 2.05) is 19.1 Å². The van der Waals surface area contributed by atoms with Crippen LogP contribution in [0.3, 0.4) is 0 Å². The van der Waals surface area contributed by atoms with Crippen LogP contribution in [0.1, 0.15) is 11.1 Å². The van der Waals surface area contributed by atoms with Crippen LogP contribution in [0, 0.1) is 12.7 Å². The minimum Gasteiger partial charge on any atom is -0.508 e. The van der Waals surface area contributed by atoms with Gasteiger partial charge in [-0.1, -0.05) is 18.2 Å². The molecule has 2 aromatic carbocycles. The van der Waals surface area contributed by atoms with Crippen molar-refractivity contribution in [2.75, 3.05) is 5.32 Å². The molecule has 0 aliphatic heterocycles. The van der Waals surface area contributed by atoms with Crippen molar-refractivity contribution in [3.63, 3.8) is 0 Å². The summed E-state index contributed by atoms with van der Waals surface area (Å²) in [6.07, 6.45) is 0. The molecule has 17 heavy (non-hydrogen) atoms. The van der Waals surface area contributed by atoms with E-state index in [-0.39, 0.29) is 11.6 Å².